The van der Waals surface area contributed by atoms with Crippen LogP contribution in [0.1, 0.15) is 5.56 Å². The lowest BCUT2D eigenvalue weighted by Gasteiger charge is -1.97. The van der Waals surface area contributed by atoms with Crippen molar-refractivity contribution in [3.8, 4) is 17.5 Å². The number of nitrogens with zero attached hydrogens (tertiary/aromatic N) is 1. The molecule has 0 atom stereocenters. The van der Waals surface area contributed by atoms with Crippen LogP contribution >= 0.6 is 12.2 Å². The van der Waals surface area contributed by atoms with Crippen LogP contribution in [0.3, 0.4) is 0 Å². The van der Waals surface area contributed by atoms with Crippen LogP contribution in [0.5, 0.6) is 0 Å². The van der Waals surface area contributed by atoms with E-state index in [1.165, 1.54) is 0 Å². The van der Waals surface area contributed by atoms with Gasteiger partial charge < -0.3 is 9.40 Å². The van der Waals surface area contributed by atoms with E-state index in [1.54, 1.807) is 12.1 Å². The Bertz CT molecular complexity index is 790. The lowest BCUT2D eigenvalue weighted by Crippen LogP contribution is -1.85. The minimum Gasteiger partial charge on any atom is -0.455 e. The van der Waals surface area contributed by atoms with Crippen LogP contribution in [0.4, 0.5) is 0 Å². The standard InChI is InChI=1S/C14H8N2OS/c15-8-10-5-6-11(16-14(10)18)13-7-9-3-1-2-4-12(9)17-13/h1-7H,(H,16,18). The summed E-state index contributed by atoms with van der Waals surface area (Å²) < 4.78 is 6.15. The maximum atomic E-state index is 8.83. The SMILES string of the molecule is N#Cc1ccc(-c2cc3ccccc3o2)[nH]c1=S. The van der Waals surface area contributed by atoms with E-state index in [1.807, 2.05) is 36.4 Å². The summed E-state index contributed by atoms with van der Waals surface area (Å²) >= 11 is 5.10. The summed E-state index contributed by atoms with van der Waals surface area (Å²) in [6.07, 6.45) is 0. The van der Waals surface area contributed by atoms with E-state index >= 15 is 0 Å². The topological polar surface area (TPSA) is 52.7 Å². The van der Waals surface area contributed by atoms with Gasteiger partial charge in [-0.05, 0) is 24.3 Å². The van der Waals surface area contributed by atoms with Crippen molar-refractivity contribution in [2.75, 3.05) is 0 Å². The zero-order valence-electron chi connectivity index (χ0n) is 9.31. The Kier molecular flexibility index (Phi) is 2.47. The molecule has 0 aliphatic rings. The second kappa shape index (κ2) is 4.13. The highest BCUT2D eigenvalue weighted by Gasteiger charge is 2.06. The highest BCUT2D eigenvalue weighted by atomic mass is 32.1. The Morgan fingerprint density at radius 2 is 2.00 bits per heavy atom. The van der Waals surface area contributed by atoms with E-state index in [9.17, 15) is 0 Å². The molecular weight excluding hydrogens is 244 g/mol. The third-order valence-electron chi connectivity index (χ3n) is 2.72. The molecule has 0 saturated heterocycles. The first kappa shape index (κ1) is 10.8. The van der Waals surface area contributed by atoms with Gasteiger partial charge in [0, 0.05) is 5.39 Å². The van der Waals surface area contributed by atoms with Crippen LogP contribution in [0.2, 0.25) is 0 Å². The minimum atomic E-state index is 0.426. The summed E-state index contributed by atoms with van der Waals surface area (Å²) in [4.78, 5) is 3.00. The van der Waals surface area contributed by atoms with E-state index in [4.69, 9.17) is 21.9 Å². The van der Waals surface area contributed by atoms with Gasteiger partial charge in [-0.1, -0.05) is 30.4 Å². The van der Waals surface area contributed by atoms with Crippen LogP contribution in [0.25, 0.3) is 22.4 Å². The fraction of sp³-hybridized carbons (Fsp3) is 0. The van der Waals surface area contributed by atoms with Crippen molar-refractivity contribution in [3.63, 3.8) is 0 Å². The van der Waals surface area contributed by atoms with Crippen molar-refractivity contribution in [1.29, 1.82) is 5.26 Å². The third-order valence-corrected chi connectivity index (χ3v) is 3.04. The van der Waals surface area contributed by atoms with E-state index in [-0.39, 0.29) is 0 Å². The maximum absolute atomic E-state index is 8.83. The molecule has 0 spiro atoms. The number of furan rings is 1. The number of para-hydroxylation sites is 1. The quantitative estimate of drug-likeness (QED) is 0.665. The number of nitrogens with one attached hydrogen (secondary N) is 1. The molecule has 1 aromatic carbocycles. The van der Waals surface area contributed by atoms with Crippen molar-refractivity contribution in [2.45, 2.75) is 0 Å². The Morgan fingerprint density at radius 1 is 1.17 bits per heavy atom. The molecule has 0 aliphatic carbocycles. The Hall–Kier alpha value is -2.38. The fourth-order valence-electron chi connectivity index (χ4n) is 1.82. The molecule has 18 heavy (non-hydrogen) atoms. The molecule has 0 fully saturated rings. The van der Waals surface area contributed by atoms with Crippen molar-refractivity contribution < 1.29 is 4.42 Å². The predicted molar refractivity (Wildman–Crippen MR) is 71.5 cm³/mol. The van der Waals surface area contributed by atoms with Crippen molar-refractivity contribution in [2.24, 2.45) is 0 Å². The number of H-pyrrole nitrogens is 1. The van der Waals surface area contributed by atoms with E-state index < -0.39 is 0 Å². The lowest BCUT2D eigenvalue weighted by molar-refractivity contribution is 0.628. The minimum absolute atomic E-state index is 0.426. The average Bonchev–Trinajstić information content (AvgIpc) is 2.82. The summed E-state index contributed by atoms with van der Waals surface area (Å²) in [5, 5.41) is 9.87. The first-order valence-electron chi connectivity index (χ1n) is 5.40. The molecule has 0 aliphatic heterocycles. The number of aromatic nitrogens is 1. The summed E-state index contributed by atoms with van der Waals surface area (Å²) in [6.45, 7) is 0. The lowest BCUT2D eigenvalue weighted by atomic mass is 10.2. The molecule has 1 N–H and O–H groups in total. The average molecular weight is 252 g/mol. The molecule has 0 amide bonds. The van der Waals surface area contributed by atoms with Crippen LogP contribution in [0, 0.1) is 16.0 Å². The second-order valence-corrected chi connectivity index (χ2v) is 4.28. The molecule has 0 saturated carbocycles. The van der Waals surface area contributed by atoms with Crippen molar-refractivity contribution in [3.05, 3.63) is 52.7 Å². The molecule has 0 radical (unpaired) electrons. The molecular formula is C14H8N2OS. The van der Waals surface area contributed by atoms with Gasteiger partial charge >= 0.3 is 0 Å². The van der Waals surface area contributed by atoms with Crippen LogP contribution in [-0.2, 0) is 0 Å². The smallest absolute Gasteiger partial charge is 0.151 e. The molecule has 3 nitrogen and oxygen atoms in total. The van der Waals surface area contributed by atoms with Gasteiger partial charge in [0.1, 0.15) is 16.3 Å². The maximum Gasteiger partial charge on any atom is 0.151 e. The molecule has 3 rings (SSSR count). The van der Waals surface area contributed by atoms with Crippen molar-refractivity contribution in [1.82, 2.24) is 4.98 Å². The number of rotatable bonds is 1. The number of fused-ring (bicyclic) bond motifs is 1. The normalized spacial score (nSPS) is 10.4. The first-order chi connectivity index (χ1) is 8.78. The van der Waals surface area contributed by atoms with E-state index in [0.717, 1.165) is 16.7 Å². The van der Waals surface area contributed by atoms with Gasteiger partial charge in [0.25, 0.3) is 0 Å². The zero-order chi connectivity index (χ0) is 12.5. The van der Waals surface area contributed by atoms with Crippen molar-refractivity contribution >= 4 is 23.2 Å². The highest BCUT2D eigenvalue weighted by molar-refractivity contribution is 7.71. The molecule has 2 heterocycles. The number of nitriles is 1. The Labute approximate surface area is 108 Å². The van der Waals surface area contributed by atoms with Gasteiger partial charge in [-0.3, -0.25) is 0 Å². The first-order valence-corrected chi connectivity index (χ1v) is 5.81. The van der Waals surface area contributed by atoms with Gasteiger partial charge in [0.2, 0.25) is 0 Å². The second-order valence-electron chi connectivity index (χ2n) is 3.88. The predicted octanol–water partition coefficient (Wildman–Crippen LogP) is 4.03. The van der Waals surface area contributed by atoms with Crippen LogP contribution in [-0.4, -0.2) is 4.98 Å². The van der Waals surface area contributed by atoms with Gasteiger partial charge in [0.05, 0.1) is 11.3 Å². The molecule has 86 valence electrons. The van der Waals surface area contributed by atoms with Gasteiger partial charge in [0.15, 0.2) is 5.76 Å². The molecule has 0 bridgehead atoms. The molecule has 0 unspecified atom stereocenters. The van der Waals surface area contributed by atoms with E-state index in [2.05, 4.69) is 4.98 Å². The number of pyridine rings is 1. The van der Waals surface area contributed by atoms with Crippen LogP contribution in [0.15, 0.2) is 46.9 Å². The third kappa shape index (κ3) is 1.71. The summed E-state index contributed by atoms with van der Waals surface area (Å²) in [7, 11) is 0. The van der Waals surface area contributed by atoms with Gasteiger partial charge in [-0.25, -0.2) is 0 Å². The summed E-state index contributed by atoms with van der Waals surface area (Å²) in [5.74, 6) is 0.715. The number of aromatic amines is 1. The Morgan fingerprint density at radius 3 is 2.72 bits per heavy atom. The molecule has 4 heteroatoms. The Balaban J connectivity index is 2.18. The molecule has 2 aromatic heterocycles. The largest absolute Gasteiger partial charge is 0.455 e. The summed E-state index contributed by atoms with van der Waals surface area (Å²) in [6, 6.07) is 15.3. The van der Waals surface area contributed by atoms with Crippen LogP contribution < -0.4 is 0 Å². The van der Waals surface area contributed by atoms with Gasteiger partial charge in [-0.15, -0.1) is 0 Å². The number of benzene rings is 1. The number of hydrogen-bond donors (Lipinski definition) is 1. The highest BCUT2D eigenvalue weighted by Crippen LogP contribution is 2.26. The zero-order valence-corrected chi connectivity index (χ0v) is 10.1. The fourth-order valence-corrected chi connectivity index (χ4v) is 2.04. The van der Waals surface area contributed by atoms with E-state index in [0.29, 0.717) is 16.0 Å². The summed E-state index contributed by atoms with van der Waals surface area (Å²) in [5.41, 5.74) is 2.07. The monoisotopic (exact) mass is 252 g/mol. The van der Waals surface area contributed by atoms with Gasteiger partial charge in [-0.2, -0.15) is 5.26 Å². The molecule has 3 aromatic rings. The number of hydrogen-bond acceptors (Lipinski definition) is 3.